The van der Waals surface area contributed by atoms with Crippen LogP contribution in [0.3, 0.4) is 0 Å². The van der Waals surface area contributed by atoms with Gasteiger partial charge in [-0.15, -0.1) is 0 Å². The Balaban J connectivity index is 1.52. The molecule has 0 bridgehead atoms. The van der Waals surface area contributed by atoms with E-state index >= 15 is 0 Å². The molecule has 2 aromatic rings. The van der Waals surface area contributed by atoms with Gasteiger partial charge >= 0.3 is 5.97 Å². The normalized spacial score (nSPS) is 17.0. The zero-order chi connectivity index (χ0) is 23.0. The maximum absolute atomic E-state index is 12.8. The van der Waals surface area contributed by atoms with Gasteiger partial charge in [-0.1, -0.05) is 30.3 Å². The minimum absolute atomic E-state index is 0.0750. The molecular formula is C24H30N2O5S. The number of anilines is 1. The second kappa shape index (κ2) is 11.2. The molecule has 172 valence electrons. The smallest absolute Gasteiger partial charge is 0.338 e. The lowest BCUT2D eigenvalue weighted by Crippen LogP contribution is -2.44. The van der Waals surface area contributed by atoms with E-state index in [-0.39, 0.29) is 18.2 Å². The first kappa shape index (κ1) is 23.9. The highest BCUT2D eigenvalue weighted by molar-refractivity contribution is 7.89. The summed E-state index contributed by atoms with van der Waals surface area (Å²) in [6.45, 7) is 2.68. The van der Waals surface area contributed by atoms with E-state index in [1.54, 1.807) is 31.2 Å². The molecule has 0 aliphatic carbocycles. The standard InChI is InChI=1S/C24H30N2O5S/c1-2-31-24(28)20-12-14-22(15-13-20)25-23(27)21-11-6-16-26(18-21)32(29,30)17-7-10-19-8-4-3-5-9-19/h3-5,8-9,12-15,21H,2,6-7,10-11,16-18H2,1H3,(H,25,27)/t21-/m1/s1. The van der Waals surface area contributed by atoms with E-state index in [0.29, 0.717) is 50.1 Å². The number of amides is 1. The largest absolute Gasteiger partial charge is 0.462 e. The zero-order valence-electron chi connectivity index (χ0n) is 18.3. The van der Waals surface area contributed by atoms with Crippen LogP contribution in [0, 0.1) is 5.92 Å². The van der Waals surface area contributed by atoms with Crippen LogP contribution in [0.25, 0.3) is 0 Å². The number of rotatable bonds is 9. The lowest BCUT2D eigenvalue weighted by atomic mass is 9.98. The van der Waals surface area contributed by atoms with Gasteiger partial charge in [0.2, 0.25) is 15.9 Å². The van der Waals surface area contributed by atoms with Crippen LogP contribution in [-0.4, -0.2) is 50.0 Å². The van der Waals surface area contributed by atoms with Gasteiger partial charge in [0.15, 0.2) is 0 Å². The number of piperidine rings is 1. The van der Waals surface area contributed by atoms with E-state index in [1.807, 2.05) is 30.3 Å². The predicted molar refractivity (Wildman–Crippen MR) is 124 cm³/mol. The Labute approximate surface area is 189 Å². The summed E-state index contributed by atoms with van der Waals surface area (Å²) in [5, 5.41) is 2.83. The fourth-order valence-corrected chi connectivity index (χ4v) is 5.37. The van der Waals surface area contributed by atoms with E-state index in [1.165, 1.54) is 4.31 Å². The Morgan fingerprint density at radius 2 is 1.81 bits per heavy atom. The number of hydrogen-bond acceptors (Lipinski definition) is 5. The van der Waals surface area contributed by atoms with Crippen LogP contribution < -0.4 is 5.32 Å². The maximum atomic E-state index is 12.8. The minimum atomic E-state index is -3.41. The molecule has 0 unspecified atom stereocenters. The van der Waals surface area contributed by atoms with Gasteiger partial charge in [0, 0.05) is 18.8 Å². The number of nitrogens with one attached hydrogen (secondary N) is 1. The lowest BCUT2D eigenvalue weighted by molar-refractivity contribution is -0.120. The molecule has 1 fully saturated rings. The number of carbonyl (C=O) groups excluding carboxylic acids is 2. The Bertz CT molecular complexity index is 1010. The van der Waals surface area contributed by atoms with Crippen LogP contribution in [0.2, 0.25) is 0 Å². The Morgan fingerprint density at radius 3 is 2.50 bits per heavy atom. The van der Waals surface area contributed by atoms with E-state index in [2.05, 4.69) is 5.32 Å². The molecular weight excluding hydrogens is 428 g/mol. The van der Waals surface area contributed by atoms with Gasteiger partial charge in [0.05, 0.1) is 23.8 Å². The summed E-state index contributed by atoms with van der Waals surface area (Å²) in [6.07, 6.45) is 2.55. The molecule has 0 saturated carbocycles. The van der Waals surface area contributed by atoms with Gasteiger partial charge in [-0.05, 0) is 62.4 Å². The first-order chi connectivity index (χ1) is 15.4. The first-order valence-corrected chi connectivity index (χ1v) is 12.6. The summed E-state index contributed by atoms with van der Waals surface area (Å²) in [7, 11) is -3.41. The third-order valence-electron chi connectivity index (χ3n) is 5.52. The molecule has 0 radical (unpaired) electrons. The van der Waals surface area contributed by atoms with Gasteiger partial charge in [0.1, 0.15) is 0 Å². The Hall–Kier alpha value is -2.71. The van der Waals surface area contributed by atoms with Gasteiger partial charge < -0.3 is 10.1 Å². The lowest BCUT2D eigenvalue weighted by Gasteiger charge is -2.31. The van der Waals surface area contributed by atoms with Crippen LogP contribution in [-0.2, 0) is 26.0 Å². The highest BCUT2D eigenvalue weighted by Crippen LogP contribution is 2.22. The second-order valence-electron chi connectivity index (χ2n) is 7.89. The third kappa shape index (κ3) is 6.64. The van der Waals surface area contributed by atoms with Crippen LogP contribution in [0.4, 0.5) is 5.69 Å². The molecule has 7 nitrogen and oxygen atoms in total. The summed E-state index contributed by atoms with van der Waals surface area (Å²) in [4.78, 5) is 24.5. The van der Waals surface area contributed by atoms with Crippen molar-refractivity contribution in [1.29, 1.82) is 0 Å². The fourth-order valence-electron chi connectivity index (χ4n) is 3.79. The predicted octanol–water partition coefficient (Wildman–Crippen LogP) is 3.48. The number of hydrogen-bond donors (Lipinski definition) is 1. The molecule has 3 rings (SSSR count). The van der Waals surface area contributed by atoms with Crippen molar-refractivity contribution in [3.8, 4) is 0 Å². The molecule has 2 aromatic carbocycles. The molecule has 32 heavy (non-hydrogen) atoms. The van der Waals surface area contributed by atoms with Crippen LogP contribution in [0.5, 0.6) is 0 Å². The van der Waals surface area contributed by atoms with Crippen LogP contribution in [0.15, 0.2) is 54.6 Å². The quantitative estimate of drug-likeness (QED) is 0.581. The molecule has 1 N–H and O–H groups in total. The molecule has 0 spiro atoms. The van der Waals surface area contributed by atoms with Crippen molar-refractivity contribution in [3.05, 3.63) is 65.7 Å². The summed E-state index contributed by atoms with van der Waals surface area (Å²) in [6, 6.07) is 16.3. The number of aryl methyl sites for hydroxylation is 1. The average molecular weight is 459 g/mol. The molecule has 1 aliphatic rings. The van der Waals surface area contributed by atoms with Crippen molar-refractivity contribution in [2.24, 2.45) is 5.92 Å². The summed E-state index contributed by atoms with van der Waals surface area (Å²) in [5.74, 6) is -0.952. The maximum Gasteiger partial charge on any atom is 0.338 e. The number of ether oxygens (including phenoxy) is 1. The molecule has 0 aromatic heterocycles. The van der Waals surface area contributed by atoms with Crippen LogP contribution >= 0.6 is 0 Å². The monoisotopic (exact) mass is 458 g/mol. The fraction of sp³-hybridized carbons (Fsp3) is 0.417. The van der Waals surface area contributed by atoms with Crippen molar-refractivity contribution in [3.63, 3.8) is 0 Å². The van der Waals surface area contributed by atoms with Gasteiger partial charge in [-0.2, -0.15) is 0 Å². The van der Waals surface area contributed by atoms with E-state index in [9.17, 15) is 18.0 Å². The number of esters is 1. The number of benzene rings is 2. The van der Waals surface area contributed by atoms with Crippen molar-refractivity contribution in [2.45, 2.75) is 32.6 Å². The van der Waals surface area contributed by atoms with Crippen molar-refractivity contribution >= 4 is 27.6 Å². The van der Waals surface area contributed by atoms with Crippen LogP contribution in [0.1, 0.15) is 42.1 Å². The summed E-state index contributed by atoms with van der Waals surface area (Å²) >= 11 is 0. The second-order valence-corrected chi connectivity index (χ2v) is 9.98. The molecule has 8 heteroatoms. The topological polar surface area (TPSA) is 92.8 Å². The number of nitrogens with zero attached hydrogens (tertiary/aromatic N) is 1. The van der Waals surface area contributed by atoms with Crippen molar-refractivity contribution in [2.75, 3.05) is 30.8 Å². The first-order valence-electron chi connectivity index (χ1n) is 11.0. The molecule has 1 aliphatic heterocycles. The minimum Gasteiger partial charge on any atom is -0.462 e. The molecule has 1 amide bonds. The SMILES string of the molecule is CCOC(=O)c1ccc(NC(=O)[C@@H]2CCCN(S(=O)(=O)CCCc3ccccc3)C2)cc1. The summed E-state index contributed by atoms with van der Waals surface area (Å²) in [5.41, 5.74) is 2.09. The number of sulfonamides is 1. The summed E-state index contributed by atoms with van der Waals surface area (Å²) < 4.78 is 32.0. The van der Waals surface area contributed by atoms with E-state index < -0.39 is 21.9 Å². The van der Waals surface area contributed by atoms with Gasteiger partial charge in [-0.25, -0.2) is 17.5 Å². The van der Waals surface area contributed by atoms with Crippen molar-refractivity contribution in [1.82, 2.24) is 4.31 Å². The number of carbonyl (C=O) groups is 2. The van der Waals surface area contributed by atoms with Gasteiger partial charge in [-0.3, -0.25) is 4.79 Å². The average Bonchev–Trinajstić information content (AvgIpc) is 2.80. The molecule has 1 saturated heterocycles. The Kier molecular flexibility index (Phi) is 8.41. The van der Waals surface area contributed by atoms with Crippen molar-refractivity contribution < 1.29 is 22.7 Å². The zero-order valence-corrected chi connectivity index (χ0v) is 19.1. The molecule has 1 heterocycles. The molecule has 1 atom stereocenters. The Morgan fingerprint density at radius 1 is 1.09 bits per heavy atom. The highest BCUT2D eigenvalue weighted by atomic mass is 32.2. The third-order valence-corrected chi connectivity index (χ3v) is 7.45. The van der Waals surface area contributed by atoms with E-state index in [4.69, 9.17) is 4.74 Å². The van der Waals surface area contributed by atoms with Gasteiger partial charge in [0.25, 0.3) is 0 Å². The highest BCUT2D eigenvalue weighted by Gasteiger charge is 2.32. The van der Waals surface area contributed by atoms with E-state index in [0.717, 1.165) is 5.56 Å².